The molecule has 1 N–H and O–H groups in total. The highest BCUT2D eigenvalue weighted by Gasteiger charge is 2.42. The first-order chi connectivity index (χ1) is 13.3. The molecule has 0 amide bonds. The van der Waals surface area contributed by atoms with Crippen LogP contribution in [0.2, 0.25) is 0 Å². The molecule has 3 heterocycles. The van der Waals surface area contributed by atoms with E-state index in [1.54, 1.807) is 6.20 Å². The number of aryl methyl sites for hydroxylation is 1. The van der Waals surface area contributed by atoms with Crippen LogP contribution in [0, 0.1) is 5.92 Å². The molecule has 0 bridgehead atoms. The third kappa shape index (κ3) is 3.76. The Labute approximate surface area is 158 Å². The minimum absolute atomic E-state index is 0.0484. The standard InChI is InChI=1S/C21H24N2O4/c1-2-25-21(24)20-16(14-6-9-18-19(11-14)27-13-26-18)12-23-17(20)8-7-15-5-3-4-10-22-15/h3-6,9-11,16-17,20,23H,2,7-8,12-13H2,1H3. The Hall–Kier alpha value is -2.60. The highest BCUT2D eigenvalue weighted by Crippen LogP contribution is 2.40. The molecule has 6 nitrogen and oxygen atoms in total. The van der Waals surface area contributed by atoms with Gasteiger partial charge in [0.15, 0.2) is 11.5 Å². The number of ether oxygens (including phenoxy) is 3. The third-order valence-corrected chi connectivity index (χ3v) is 5.29. The van der Waals surface area contributed by atoms with Gasteiger partial charge < -0.3 is 19.5 Å². The van der Waals surface area contributed by atoms with E-state index in [2.05, 4.69) is 10.3 Å². The van der Waals surface area contributed by atoms with Crippen molar-refractivity contribution in [3.8, 4) is 11.5 Å². The molecule has 2 aliphatic rings. The van der Waals surface area contributed by atoms with Crippen molar-refractivity contribution >= 4 is 5.97 Å². The molecule has 0 radical (unpaired) electrons. The molecule has 1 saturated heterocycles. The second kappa shape index (κ2) is 7.96. The van der Waals surface area contributed by atoms with Crippen LogP contribution in [-0.2, 0) is 16.0 Å². The van der Waals surface area contributed by atoms with Gasteiger partial charge in [-0.1, -0.05) is 12.1 Å². The van der Waals surface area contributed by atoms with Gasteiger partial charge in [-0.05, 0) is 49.6 Å². The van der Waals surface area contributed by atoms with E-state index < -0.39 is 0 Å². The number of esters is 1. The minimum atomic E-state index is -0.228. The fourth-order valence-electron chi connectivity index (χ4n) is 3.98. The van der Waals surface area contributed by atoms with Crippen molar-refractivity contribution in [1.29, 1.82) is 0 Å². The Kier molecular flexibility index (Phi) is 5.25. The van der Waals surface area contributed by atoms with Crippen LogP contribution in [0.25, 0.3) is 0 Å². The fraction of sp³-hybridized carbons (Fsp3) is 0.429. The molecular weight excluding hydrogens is 344 g/mol. The maximum atomic E-state index is 12.8. The molecule has 27 heavy (non-hydrogen) atoms. The maximum Gasteiger partial charge on any atom is 0.311 e. The van der Waals surface area contributed by atoms with Crippen molar-refractivity contribution in [2.75, 3.05) is 19.9 Å². The highest BCUT2D eigenvalue weighted by molar-refractivity contribution is 5.75. The number of hydrogen-bond donors (Lipinski definition) is 1. The summed E-state index contributed by atoms with van der Waals surface area (Å²) in [6.07, 6.45) is 3.46. The Morgan fingerprint density at radius 1 is 1.26 bits per heavy atom. The van der Waals surface area contributed by atoms with Crippen molar-refractivity contribution in [3.05, 3.63) is 53.9 Å². The third-order valence-electron chi connectivity index (χ3n) is 5.29. The van der Waals surface area contributed by atoms with Crippen molar-refractivity contribution in [3.63, 3.8) is 0 Å². The predicted molar refractivity (Wildman–Crippen MR) is 99.8 cm³/mol. The minimum Gasteiger partial charge on any atom is -0.466 e. The molecule has 0 aliphatic carbocycles. The molecule has 1 aromatic heterocycles. The number of rotatable bonds is 6. The monoisotopic (exact) mass is 368 g/mol. The fourth-order valence-corrected chi connectivity index (χ4v) is 3.98. The number of hydrogen-bond acceptors (Lipinski definition) is 6. The van der Waals surface area contributed by atoms with Gasteiger partial charge in [-0.15, -0.1) is 0 Å². The number of aromatic nitrogens is 1. The first-order valence-corrected chi connectivity index (χ1v) is 9.45. The van der Waals surface area contributed by atoms with Gasteiger partial charge in [0.2, 0.25) is 6.79 Å². The van der Waals surface area contributed by atoms with E-state index in [-0.39, 0.29) is 30.6 Å². The summed E-state index contributed by atoms with van der Waals surface area (Å²) in [4.78, 5) is 17.1. The molecule has 2 aliphatic heterocycles. The van der Waals surface area contributed by atoms with Crippen LogP contribution in [0.15, 0.2) is 42.6 Å². The molecule has 0 saturated carbocycles. The summed E-state index contributed by atoms with van der Waals surface area (Å²) in [5.74, 6) is 1.17. The number of pyridine rings is 1. The van der Waals surface area contributed by atoms with Crippen molar-refractivity contribution in [2.24, 2.45) is 5.92 Å². The van der Waals surface area contributed by atoms with Crippen LogP contribution in [0.4, 0.5) is 0 Å². The zero-order chi connectivity index (χ0) is 18.6. The SMILES string of the molecule is CCOC(=O)C1C(CCc2ccccn2)NCC1c1ccc2c(c1)OCO2. The molecule has 0 spiro atoms. The molecule has 1 fully saturated rings. The molecule has 4 rings (SSSR count). The first kappa shape index (κ1) is 17.8. The van der Waals surface area contributed by atoms with Gasteiger partial charge in [-0.3, -0.25) is 9.78 Å². The number of carbonyl (C=O) groups excluding carboxylic acids is 1. The average molecular weight is 368 g/mol. The summed E-state index contributed by atoms with van der Waals surface area (Å²) < 4.78 is 16.3. The van der Waals surface area contributed by atoms with Gasteiger partial charge in [-0.2, -0.15) is 0 Å². The topological polar surface area (TPSA) is 69.7 Å². The number of fused-ring (bicyclic) bond motifs is 1. The Bertz CT molecular complexity index is 796. The first-order valence-electron chi connectivity index (χ1n) is 9.45. The maximum absolute atomic E-state index is 12.8. The normalized spacial score (nSPS) is 23.4. The molecule has 3 unspecified atom stereocenters. The van der Waals surface area contributed by atoms with E-state index >= 15 is 0 Å². The van der Waals surface area contributed by atoms with E-state index in [1.807, 2.05) is 43.3 Å². The quantitative estimate of drug-likeness (QED) is 0.791. The summed E-state index contributed by atoms with van der Waals surface area (Å²) >= 11 is 0. The second-order valence-corrected chi connectivity index (χ2v) is 6.87. The number of benzene rings is 1. The lowest BCUT2D eigenvalue weighted by molar-refractivity contribution is -0.148. The lowest BCUT2D eigenvalue weighted by atomic mass is 9.83. The smallest absolute Gasteiger partial charge is 0.311 e. The zero-order valence-electron chi connectivity index (χ0n) is 15.4. The zero-order valence-corrected chi connectivity index (χ0v) is 15.4. The molecule has 3 atom stereocenters. The van der Waals surface area contributed by atoms with Crippen LogP contribution < -0.4 is 14.8 Å². The average Bonchev–Trinajstić information content (AvgIpc) is 3.33. The van der Waals surface area contributed by atoms with Crippen LogP contribution in [0.5, 0.6) is 11.5 Å². The van der Waals surface area contributed by atoms with Gasteiger partial charge >= 0.3 is 5.97 Å². The van der Waals surface area contributed by atoms with Crippen LogP contribution >= 0.6 is 0 Å². The van der Waals surface area contributed by atoms with Gasteiger partial charge in [-0.25, -0.2) is 0 Å². The Morgan fingerprint density at radius 2 is 2.15 bits per heavy atom. The van der Waals surface area contributed by atoms with E-state index in [0.717, 1.165) is 42.1 Å². The van der Waals surface area contributed by atoms with Crippen molar-refractivity contribution in [1.82, 2.24) is 10.3 Å². The van der Waals surface area contributed by atoms with Gasteiger partial charge in [0.1, 0.15) is 0 Å². The Balaban J connectivity index is 1.53. The van der Waals surface area contributed by atoms with Crippen molar-refractivity contribution < 1.29 is 19.0 Å². The molecular formula is C21H24N2O4. The van der Waals surface area contributed by atoms with E-state index in [9.17, 15) is 4.79 Å². The number of nitrogens with zero attached hydrogens (tertiary/aromatic N) is 1. The number of nitrogens with one attached hydrogen (secondary N) is 1. The van der Waals surface area contributed by atoms with Crippen LogP contribution in [-0.4, -0.2) is 36.9 Å². The van der Waals surface area contributed by atoms with Crippen molar-refractivity contribution in [2.45, 2.75) is 31.7 Å². The van der Waals surface area contributed by atoms with E-state index in [1.165, 1.54) is 0 Å². The number of carbonyl (C=O) groups is 1. The van der Waals surface area contributed by atoms with E-state index in [4.69, 9.17) is 14.2 Å². The highest BCUT2D eigenvalue weighted by atomic mass is 16.7. The summed E-state index contributed by atoms with van der Waals surface area (Å²) in [6.45, 7) is 3.21. The van der Waals surface area contributed by atoms with Crippen LogP contribution in [0.3, 0.4) is 0 Å². The lowest BCUT2D eigenvalue weighted by Crippen LogP contribution is -2.34. The van der Waals surface area contributed by atoms with Gasteiger partial charge in [0, 0.05) is 30.4 Å². The molecule has 142 valence electrons. The summed E-state index contributed by atoms with van der Waals surface area (Å²) in [7, 11) is 0. The second-order valence-electron chi connectivity index (χ2n) is 6.87. The molecule has 1 aromatic carbocycles. The van der Waals surface area contributed by atoms with E-state index in [0.29, 0.717) is 6.61 Å². The summed E-state index contributed by atoms with van der Waals surface area (Å²) in [5.41, 5.74) is 2.11. The molecule has 6 heteroatoms. The van der Waals surface area contributed by atoms with Gasteiger partial charge in [0.25, 0.3) is 0 Å². The summed E-state index contributed by atoms with van der Waals surface area (Å²) in [6, 6.07) is 11.9. The lowest BCUT2D eigenvalue weighted by Gasteiger charge is -2.23. The Morgan fingerprint density at radius 3 is 2.96 bits per heavy atom. The summed E-state index contributed by atoms with van der Waals surface area (Å²) in [5, 5.41) is 3.53. The predicted octanol–water partition coefficient (Wildman–Crippen LogP) is 2.68. The van der Waals surface area contributed by atoms with Gasteiger partial charge in [0.05, 0.1) is 12.5 Å². The largest absolute Gasteiger partial charge is 0.466 e. The molecule has 2 aromatic rings. The van der Waals surface area contributed by atoms with Crippen LogP contribution in [0.1, 0.15) is 30.5 Å².